The lowest BCUT2D eigenvalue weighted by Gasteiger charge is -2.30. The molecule has 0 amide bonds. The van der Waals surface area contributed by atoms with Gasteiger partial charge in [0.15, 0.2) is 0 Å². The van der Waals surface area contributed by atoms with Crippen molar-refractivity contribution in [3.8, 4) is 0 Å². The number of hydrogen-bond donors (Lipinski definition) is 0. The van der Waals surface area contributed by atoms with E-state index in [0.717, 1.165) is 30.9 Å². The normalized spacial score (nSPS) is 11.9. The van der Waals surface area contributed by atoms with Gasteiger partial charge >= 0.3 is 0 Å². The lowest BCUT2D eigenvalue weighted by molar-refractivity contribution is 0.381. The average molecular weight is 268 g/mol. The molecule has 0 aromatic heterocycles. The van der Waals surface area contributed by atoms with Gasteiger partial charge in [-0.3, -0.25) is 4.79 Å². The van der Waals surface area contributed by atoms with Crippen molar-refractivity contribution in [1.29, 1.82) is 0 Å². The Labute approximate surface area is 115 Å². The Morgan fingerprint density at radius 1 is 1.11 bits per heavy atom. The topological polar surface area (TPSA) is 23.6 Å². The van der Waals surface area contributed by atoms with E-state index in [9.17, 15) is 4.79 Å². The second-order valence-electron chi connectivity index (χ2n) is 6.10. The maximum atomic E-state index is 11.9. The minimum Gasteiger partial charge on any atom is -0.372 e. The van der Waals surface area contributed by atoms with E-state index in [2.05, 4.69) is 27.7 Å². The summed E-state index contributed by atoms with van der Waals surface area (Å²) < 4.78 is 0.483. The third-order valence-electron chi connectivity index (χ3n) is 3.30. The summed E-state index contributed by atoms with van der Waals surface area (Å²) in [6.45, 7) is 10.4. The van der Waals surface area contributed by atoms with Crippen LogP contribution in [0.1, 0.15) is 34.1 Å². The Bertz CT molecular complexity index is 481. The summed E-state index contributed by atoms with van der Waals surface area (Å²) in [6.07, 6.45) is 1.05. The summed E-state index contributed by atoms with van der Waals surface area (Å²) in [5.74, 6) is 0. The van der Waals surface area contributed by atoms with Crippen LogP contribution >= 0.6 is 12.2 Å². The van der Waals surface area contributed by atoms with Crippen LogP contribution in [0.3, 0.4) is 0 Å². The number of anilines is 2. The summed E-state index contributed by atoms with van der Waals surface area (Å²) in [7, 11) is 3.95. The molecule has 0 aliphatic rings. The highest BCUT2D eigenvalue weighted by Crippen LogP contribution is 2.30. The minimum absolute atomic E-state index is 0.0247. The molecule has 0 radical (unpaired) electrons. The molecule has 1 aromatic rings. The summed E-state index contributed by atoms with van der Waals surface area (Å²) >= 11 is 5.15. The smallest absolute Gasteiger partial charge is 0.224 e. The molecule has 0 bridgehead atoms. The van der Waals surface area contributed by atoms with Crippen molar-refractivity contribution in [1.82, 2.24) is 0 Å². The fourth-order valence-corrected chi connectivity index (χ4v) is 2.20. The van der Waals surface area contributed by atoms with Crippen molar-refractivity contribution in [2.24, 2.45) is 5.41 Å². The molecule has 0 saturated carbocycles. The summed E-state index contributed by atoms with van der Waals surface area (Å²) in [5.41, 5.74) is 2.03. The van der Waals surface area contributed by atoms with Crippen LogP contribution in [0.15, 0.2) is 4.79 Å². The van der Waals surface area contributed by atoms with Gasteiger partial charge < -0.3 is 9.80 Å². The van der Waals surface area contributed by atoms with Crippen LogP contribution in [-0.2, 0) is 0 Å². The van der Waals surface area contributed by atoms with Gasteiger partial charge in [-0.25, -0.2) is 0 Å². The zero-order valence-electron chi connectivity index (χ0n) is 12.3. The lowest BCUT2D eigenvalue weighted by atomic mass is 9.92. The molecule has 0 aliphatic heterocycles. The van der Waals surface area contributed by atoms with Gasteiger partial charge in [-0.2, -0.15) is 0 Å². The van der Waals surface area contributed by atoms with Crippen molar-refractivity contribution < 1.29 is 0 Å². The van der Waals surface area contributed by atoms with Gasteiger partial charge in [0.25, 0.3) is 0 Å². The van der Waals surface area contributed by atoms with Crippen LogP contribution in [0, 0.1) is 9.93 Å². The Hall–Kier alpha value is -0.900. The summed E-state index contributed by atoms with van der Waals surface area (Å²) in [6, 6.07) is 0. The molecule has 18 heavy (non-hydrogen) atoms. The van der Waals surface area contributed by atoms with Gasteiger partial charge in [0, 0.05) is 27.2 Å². The molecule has 3 nitrogen and oxygen atoms in total. The number of hydrogen-bond acceptors (Lipinski definition) is 4. The van der Waals surface area contributed by atoms with Crippen LogP contribution in [0.5, 0.6) is 0 Å². The largest absolute Gasteiger partial charge is 0.372 e. The van der Waals surface area contributed by atoms with Gasteiger partial charge in [-0.1, -0.05) is 33.0 Å². The van der Waals surface area contributed by atoms with Crippen LogP contribution < -0.4 is 15.2 Å². The zero-order chi connectivity index (χ0) is 14.1. The van der Waals surface area contributed by atoms with Crippen molar-refractivity contribution in [3.63, 3.8) is 0 Å². The molecular weight excluding hydrogens is 244 g/mol. The fourth-order valence-electron chi connectivity index (χ4n) is 1.85. The molecule has 0 spiro atoms. The second kappa shape index (κ2) is 5.39. The van der Waals surface area contributed by atoms with E-state index in [4.69, 9.17) is 12.2 Å². The van der Waals surface area contributed by atoms with E-state index in [0.29, 0.717) is 4.51 Å². The Morgan fingerprint density at radius 2 is 1.67 bits per heavy atom. The maximum absolute atomic E-state index is 11.9. The highest BCUT2D eigenvalue weighted by molar-refractivity contribution is 7.71. The Morgan fingerprint density at radius 3 is 2.11 bits per heavy atom. The monoisotopic (exact) mass is 268 g/mol. The van der Waals surface area contributed by atoms with Gasteiger partial charge in [0.1, 0.15) is 10.2 Å². The average Bonchev–Trinajstić information content (AvgIpc) is 2.29. The minimum atomic E-state index is 0.0247. The first-order valence-electron chi connectivity index (χ1n) is 6.44. The molecule has 0 heterocycles. The molecule has 0 saturated heterocycles. The fraction of sp³-hybridized carbons (Fsp3) is 0.714. The third-order valence-corrected chi connectivity index (χ3v) is 3.67. The molecule has 0 N–H and O–H groups in total. The number of nitrogens with zero attached hydrogens (tertiary/aromatic N) is 2. The molecule has 1 rings (SSSR count). The quantitative estimate of drug-likeness (QED) is 0.766. The lowest BCUT2D eigenvalue weighted by Crippen LogP contribution is -2.34. The van der Waals surface area contributed by atoms with Crippen LogP contribution in [0.25, 0.3) is 0 Å². The maximum Gasteiger partial charge on any atom is 0.224 e. The van der Waals surface area contributed by atoms with Crippen molar-refractivity contribution in [2.75, 3.05) is 37.0 Å². The molecule has 0 unspecified atom stereocenters. The van der Waals surface area contributed by atoms with Crippen molar-refractivity contribution >= 4 is 23.6 Å². The Kier molecular flexibility index (Phi) is 4.54. The van der Waals surface area contributed by atoms with Crippen LogP contribution in [0.4, 0.5) is 11.4 Å². The van der Waals surface area contributed by atoms with E-state index in [1.807, 2.05) is 23.9 Å². The predicted molar refractivity (Wildman–Crippen MR) is 82.2 cm³/mol. The highest BCUT2D eigenvalue weighted by Gasteiger charge is 2.24. The molecule has 1 aromatic carbocycles. The first-order valence-corrected chi connectivity index (χ1v) is 6.85. The van der Waals surface area contributed by atoms with Crippen LogP contribution in [0.2, 0.25) is 0 Å². The second-order valence-corrected chi connectivity index (χ2v) is 6.51. The van der Waals surface area contributed by atoms with E-state index in [1.54, 1.807) is 0 Å². The van der Waals surface area contributed by atoms with Gasteiger partial charge in [-0.15, -0.1) is 0 Å². The predicted octanol–water partition coefficient (Wildman–Crippen LogP) is 2.98. The van der Waals surface area contributed by atoms with E-state index >= 15 is 0 Å². The van der Waals surface area contributed by atoms with Gasteiger partial charge in [-0.05, 0) is 18.8 Å². The number of rotatable bonds is 5. The Balaban J connectivity index is 2.87. The van der Waals surface area contributed by atoms with Crippen LogP contribution in [-0.4, -0.2) is 27.2 Å². The first-order chi connectivity index (χ1) is 8.19. The van der Waals surface area contributed by atoms with Gasteiger partial charge in [0.2, 0.25) is 5.43 Å². The van der Waals surface area contributed by atoms with E-state index in [-0.39, 0.29) is 10.8 Å². The third kappa shape index (κ3) is 3.10. The molecule has 0 fully saturated rings. The van der Waals surface area contributed by atoms with Crippen molar-refractivity contribution in [3.05, 3.63) is 14.7 Å². The van der Waals surface area contributed by atoms with Gasteiger partial charge in [0.05, 0.1) is 5.69 Å². The van der Waals surface area contributed by atoms with E-state index in [1.165, 1.54) is 0 Å². The standard InChI is InChI=1S/C14H24N2OS/c1-7-15(5)11-10(12(17)13(11)18)16(6)9-8-14(2,3)4/h7-9H2,1-6H3. The van der Waals surface area contributed by atoms with Crippen molar-refractivity contribution in [2.45, 2.75) is 34.1 Å². The zero-order valence-corrected chi connectivity index (χ0v) is 13.1. The van der Waals surface area contributed by atoms with E-state index < -0.39 is 0 Å². The SMILES string of the molecule is CCN(C)c1c(N(C)CCC(C)(C)C)c(=O)c1=S. The molecular formula is C14H24N2OS. The highest BCUT2D eigenvalue weighted by atomic mass is 32.1. The molecule has 4 heteroatoms. The first kappa shape index (κ1) is 15.2. The summed E-state index contributed by atoms with van der Waals surface area (Å²) in [5, 5.41) is 0. The summed E-state index contributed by atoms with van der Waals surface area (Å²) in [4.78, 5) is 16.0. The molecule has 102 valence electrons. The molecule has 0 atom stereocenters. The molecule has 0 aliphatic carbocycles.